The van der Waals surface area contributed by atoms with Crippen LogP contribution in [0.2, 0.25) is 0 Å². The second-order valence-electron chi connectivity index (χ2n) is 5.04. The first-order valence-electron chi connectivity index (χ1n) is 6.93. The minimum Gasteiger partial charge on any atom is -0.346 e. The van der Waals surface area contributed by atoms with Gasteiger partial charge in [0.15, 0.2) is 0 Å². The van der Waals surface area contributed by atoms with Crippen LogP contribution in [-0.2, 0) is 0 Å². The van der Waals surface area contributed by atoms with E-state index < -0.39 is 0 Å². The maximum absolute atomic E-state index is 12.3. The number of pyridine rings is 1. The summed E-state index contributed by atoms with van der Waals surface area (Å²) in [7, 11) is 0. The molecule has 3 heteroatoms. The third kappa shape index (κ3) is 2.92. The molecule has 0 aliphatic carbocycles. The highest BCUT2D eigenvalue weighted by atomic mass is 16.1. The first-order chi connectivity index (χ1) is 10.2. The van der Waals surface area contributed by atoms with Gasteiger partial charge >= 0.3 is 0 Å². The van der Waals surface area contributed by atoms with Gasteiger partial charge in [-0.05, 0) is 47.5 Å². The van der Waals surface area contributed by atoms with Crippen LogP contribution < -0.4 is 5.32 Å². The summed E-state index contributed by atoms with van der Waals surface area (Å²) in [6.07, 6.45) is 3.46. The fourth-order valence-corrected chi connectivity index (χ4v) is 2.35. The van der Waals surface area contributed by atoms with Crippen molar-refractivity contribution in [3.63, 3.8) is 0 Å². The minimum atomic E-state index is -0.0648. The molecular weight excluding hydrogens is 260 g/mol. The van der Waals surface area contributed by atoms with E-state index in [-0.39, 0.29) is 11.9 Å². The van der Waals surface area contributed by atoms with Crippen LogP contribution in [0.4, 0.5) is 0 Å². The van der Waals surface area contributed by atoms with Crippen molar-refractivity contribution in [2.45, 2.75) is 13.0 Å². The van der Waals surface area contributed by atoms with E-state index in [2.05, 4.69) is 10.3 Å². The number of aromatic nitrogens is 1. The fourth-order valence-electron chi connectivity index (χ4n) is 2.35. The number of carbonyl (C=O) groups excluding carboxylic acids is 1. The second kappa shape index (κ2) is 5.75. The summed E-state index contributed by atoms with van der Waals surface area (Å²) in [4.78, 5) is 16.3. The Morgan fingerprint density at radius 1 is 1.00 bits per heavy atom. The molecule has 3 aromatic rings. The Labute approximate surface area is 123 Å². The summed E-state index contributed by atoms with van der Waals surface area (Å²) >= 11 is 0. The van der Waals surface area contributed by atoms with E-state index in [1.54, 1.807) is 12.4 Å². The molecule has 3 rings (SSSR count). The van der Waals surface area contributed by atoms with Crippen LogP contribution in [0, 0.1) is 0 Å². The van der Waals surface area contributed by atoms with Crippen LogP contribution >= 0.6 is 0 Å². The zero-order valence-corrected chi connectivity index (χ0v) is 11.8. The molecule has 1 N–H and O–H groups in total. The average Bonchev–Trinajstić information content (AvgIpc) is 2.55. The topological polar surface area (TPSA) is 42.0 Å². The predicted molar refractivity (Wildman–Crippen MR) is 84.1 cm³/mol. The first-order valence-corrected chi connectivity index (χ1v) is 6.93. The molecule has 0 radical (unpaired) electrons. The lowest BCUT2D eigenvalue weighted by Crippen LogP contribution is -2.26. The van der Waals surface area contributed by atoms with Crippen LogP contribution in [-0.4, -0.2) is 10.9 Å². The van der Waals surface area contributed by atoms with Gasteiger partial charge in [-0.2, -0.15) is 0 Å². The molecule has 0 spiro atoms. The lowest BCUT2D eigenvalue weighted by Gasteiger charge is -2.14. The van der Waals surface area contributed by atoms with Gasteiger partial charge in [0.25, 0.3) is 5.91 Å². The molecule has 1 aromatic heterocycles. The van der Waals surface area contributed by atoms with Gasteiger partial charge < -0.3 is 5.32 Å². The van der Waals surface area contributed by atoms with Crippen LogP contribution in [0.25, 0.3) is 10.8 Å². The van der Waals surface area contributed by atoms with Gasteiger partial charge in [0.1, 0.15) is 0 Å². The monoisotopic (exact) mass is 276 g/mol. The summed E-state index contributed by atoms with van der Waals surface area (Å²) in [5.74, 6) is -0.0648. The highest BCUT2D eigenvalue weighted by Gasteiger charge is 2.11. The quantitative estimate of drug-likeness (QED) is 0.792. The molecule has 21 heavy (non-hydrogen) atoms. The van der Waals surface area contributed by atoms with Crippen molar-refractivity contribution in [3.8, 4) is 0 Å². The van der Waals surface area contributed by atoms with E-state index in [1.807, 2.05) is 61.5 Å². The Bertz CT molecular complexity index is 768. The van der Waals surface area contributed by atoms with E-state index in [9.17, 15) is 4.79 Å². The van der Waals surface area contributed by atoms with Crippen molar-refractivity contribution < 1.29 is 4.79 Å². The van der Waals surface area contributed by atoms with E-state index >= 15 is 0 Å². The van der Waals surface area contributed by atoms with Crippen LogP contribution in [0.3, 0.4) is 0 Å². The molecule has 0 aliphatic rings. The molecule has 0 bridgehead atoms. The Balaban J connectivity index is 1.80. The average molecular weight is 276 g/mol. The molecule has 0 saturated carbocycles. The SMILES string of the molecule is C[C@@H](NC(=O)c1ccc2ccccc2c1)c1ccncc1. The highest BCUT2D eigenvalue weighted by molar-refractivity contribution is 5.98. The Kier molecular flexibility index (Phi) is 3.65. The van der Waals surface area contributed by atoms with Gasteiger partial charge in [-0.3, -0.25) is 9.78 Å². The van der Waals surface area contributed by atoms with E-state index in [4.69, 9.17) is 0 Å². The van der Waals surface area contributed by atoms with E-state index in [0.29, 0.717) is 5.56 Å². The Hall–Kier alpha value is -2.68. The molecule has 1 heterocycles. The van der Waals surface area contributed by atoms with Crippen molar-refractivity contribution in [2.24, 2.45) is 0 Å². The van der Waals surface area contributed by atoms with Gasteiger partial charge in [-0.15, -0.1) is 0 Å². The number of hydrogen-bond acceptors (Lipinski definition) is 2. The summed E-state index contributed by atoms with van der Waals surface area (Å²) in [6, 6.07) is 17.5. The molecule has 104 valence electrons. The molecule has 0 unspecified atom stereocenters. The molecule has 0 aliphatic heterocycles. The van der Waals surface area contributed by atoms with Gasteiger partial charge in [0.2, 0.25) is 0 Å². The predicted octanol–water partition coefficient (Wildman–Crippen LogP) is 3.73. The van der Waals surface area contributed by atoms with Crippen LogP contribution in [0.5, 0.6) is 0 Å². The maximum atomic E-state index is 12.3. The van der Waals surface area contributed by atoms with Crippen LogP contribution in [0.15, 0.2) is 67.0 Å². The highest BCUT2D eigenvalue weighted by Crippen LogP contribution is 2.17. The van der Waals surface area contributed by atoms with Gasteiger partial charge in [0, 0.05) is 18.0 Å². The number of benzene rings is 2. The number of fused-ring (bicyclic) bond motifs is 1. The lowest BCUT2D eigenvalue weighted by molar-refractivity contribution is 0.0940. The summed E-state index contributed by atoms with van der Waals surface area (Å²) in [6.45, 7) is 1.97. The molecule has 2 aromatic carbocycles. The van der Waals surface area contributed by atoms with Gasteiger partial charge in [0.05, 0.1) is 6.04 Å². The molecule has 3 nitrogen and oxygen atoms in total. The number of amides is 1. The van der Waals surface area contributed by atoms with E-state index in [1.165, 1.54) is 0 Å². The van der Waals surface area contributed by atoms with Crippen molar-refractivity contribution in [3.05, 3.63) is 78.1 Å². The van der Waals surface area contributed by atoms with Gasteiger partial charge in [-0.25, -0.2) is 0 Å². The summed E-state index contributed by atoms with van der Waals surface area (Å²) in [5, 5.41) is 5.22. The number of hydrogen-bond donors (Lipinski definition) is 1. The van der Waals surface area contributed by atoms with Crippen molar-refractivity contribution >= 4 is 16.7 Å². The third-order valence-electron chi connectivity index (χ3n) is 3.57. The normalized spacial score (nSPS) is 12.0. The standard InChI is InChI=1S/C18H16N2O/c1-13(14-8-10-19-11-9-14)20-18(21)17-7-6-15-4-2-3-5-16(15)12-17/h2-13H,1H3,(H,20,21)/t13-/m1/s1. The zero-order chi connectivity index (χ0) is 14.7. The smallest absolute Gasteiger partial charge is 0.251 e. The number of nitrogens with zero attached hydrogens (tertiary/aromatic N) is 1. The molecule has 0 fully saturated rings. The lowest BCUT2D eigenvalue weighted by atomic mass is 10.1. The van der Waals surface area contributed by atoms with Gasteiger partial charge in [-0.1, -0.05) is 30.3 Å². The van der Waals surface area contributed by atoms with Crippen molar-refractivity contribution in [1.29, 1.82) is 0 Å². The molecule has 1 amide bonds. The maximum Gasteiger partial charge on any atom is 0.251 e. The van der Waals surface area contributed by atoms with Crippen LogP contribution in [0.1, 0.15) is 28.9 Å². The summed E-state index contributed by atoms with van der Waals surface area (Å²) < 4.78 is 0. The van der Waals surface area contributed by atoms with Crippen molar-refractivity contribution in [2.75, 3.05) is 0 Å². The first kappa shape index (κ1) is 13.3. The summed E-state index contributed by atoms with van der Waals surface area (Å²) in [5.41, 5.74) is 1.72. The number of rotatable bonds is 3. The van der Waals surface area contributed by atoms with E-state index in [0.717, 1.165) is 16.3 Å². The largest absolute Gasteiger partial charge is 0.346 e. The van der Waals surface area contributed by atoms with Crippen molar-refractivity contribution in [1.82, 2.24) is 10.3 Å². The second-order valence-corrected chi connectivity index (χ2v) is 5.04. The Morgan fingerprint density at radius 3 is 2.48 bits per heavy atom. The zero-order valence-electron chi connectivity index (χ0n) is 11.8. The molecular formula is C18H16N2O. The Morgan fingerprint density at radius 2 is 1.71 bits per heavy atom. The fraction of sp³-hybridized carbons (Fsp3) is 0.111. The number of nitrogens with one attached hydrogen (secondary N) is 1. The molecule has 0 saturated heterocycles. The third-order valence-corrected chi connectivity index (χ3v) is 3.57. The molecule has 1 atom stereocenters. The minimum absolute atomic E-state index is 0.0491. The number of carbonyl (C=O) groups is 1.